The fraction of sp³-hybridized carbons (Fsp3) is 0.333. The first-order chi connectivity index (χ1) is 19.6. The second kappa shape index (κ2) is 13.9. The number of halogens is 3. The molecule has 3 aromatic carbocycles. The van der Waals surface area contributed by atoms with Crippen molar-refractivity contribution in [3.63, 3.8) is 0 Å². The number of sulfonamides is 1. The fourth-order valence-electron chi connectivity index (χ4n) is 4.84. The topological polar surface area (TPSA) is 86.8 Å². The van der Waals surface area contributed by atoms with E-state index in [2.05, 4.69) is 5.32 Å². The van der Waals surface area contributed by atoms with Crippen molar-refractivity contribution < 1.29 is 18.0 Å². The van der Waals surface area contributed by atoms with Gasteiger partial charge in [-0.25, -0.2) is 8.42 Å². The first-order valence-corrected chi connectivity index (χ1v) is 16.0. The molecular formula is C30H32Cl3N3O4S. The lowest BCUT2D eigenvalue weighted by molar-refractivity contribution is -0.139. The van der Waals surface area contributed by atoms with Crippen LogP contribution in [0.2, 0.25) is 15.1 Å². The zero-order chi connectivity index (χ0) is 29.6. The van der Waals surface area contributed by atoms with Crippen LogP contribution in [0, 0.1) is 0 Å². The molecule has 0 unspecified atom stereocenters. The van der Waals surface area contributed by atoms with Crippen molar-refractivity contribution in [2.24, 2.45) is 0 Å². The summed E-state index contributed by atoms with van der Waals surface area (Å²) < 4.78 is 28.7. The van der Waals surface area contributed by atoms with Gasteiger partial charge < -0.3 is 10.2 Å². The maximum atomic E-state index is 14.0. The molecule has 0 saturated heterocycles. The van der Waals surface area contributed by atoms with Crippen LogP contribution in [-0.4, -0.2) is 43.8 Å². The number of amides is 2. The van der Waals surface area contributed by atoms with Gasteiger partial charge >= 0.3 is 0 Å². The van der Waals surface area contributed by atoms with Crippen molar-refractivity contribution in [2.45, 2.75) is 62.6 Å². The van der Waals surface area contributed by atoms with Crippen LogP contribution >= 0.6 is 34.8 Å². The minimum atomic E-state index is -4.17. The van der Waals surface area contributed by atoms with E-state index in [-0.39, 0.29) is 23.4 Å². The van der Waals surface area contributed by atoms with E-state index in [9.17, 15) is 18.0 Å². The molecule has 1 N–H and O–H groups in total. The number of benzene rings is 3. The summed E-state index contributed by atoms with van der Waals surface area (Å²) in [5.41, 5.74) is 0.960. The Morgan fingerprint density at radius 3 is 2.20 bits per heavy atom. The van der Waals surface area contributed by atoms with Crippen molar-refractivity contribution in [1.29, 1.82) is 0 Å². The number of anilines is 1. The Balaban J connectivity index is 1.66. The number of para-hydroxylation sites is 1. The van der Waals surface area contributed by atoms with E-state index in [1.54, 1.807) is 55.5 Å². The molecule has 0 aromatic heterocycles. The molecular weight excluding hydrogens is 605 g/mol. The summed E-state index contributed by atoms with van der Waals surface area (Å²) in [6, 6.07) is 18.3. The molecule has 0 aliphatic heterocycles. The van der Waals surface area contributed by atoms with Crippen LogP contribution in [-0.2, 0) is 26.2 Å². The Morgan fingerprint density at radius 2 is 1.56 bits per heavy atom. The number of nitrogens with zero attached hydrogens (tertiary/aromatic N) is 2. The molecule has 0 radical (unpaired) electrons. The molecule has 11 heteroatoms. The molecule has 41 heavy (non-hydrogen) atoms. The largest absolute Gasteiger partial charge is 0.352 e. The first kappa shape index (κ1) is 31.2. The van der Waals surface area contributed by atoms with Crippen LogP contribution in [0.1, 0.15) is 44.6 Å². The van der Waals surface area contributed by atoms with Crippen molar-refractivity contribution >= 4 is 62.3 Å². The van der Waals surface area contributed by atoms with Crippen LogP contribution < -0.4 is 9.62 Å². The van der Waals surface area contributed by atoms with Crippen LogP contribution in [0.5, 0.6) is 0 Å². The summed E-state index contributed by atoms with van der Waals surface area (Å²) >= 11 is 18.3. The van der Waals surface area contributed by atoms with Gasteiger partial charge in [-0.05, 0) is 73.9 Å². The Kier molecular flexibility index (Phi) is 10.6. The second-order valence-electron chi connectivity index (χ2n) is 10.1. The van der Waals surface area contributed by atoms with Crippen LogP contribution in [0.15, 0.2) is 77.7 Å². The fourth-order valence-corrected chi connectivity index (χ4v) is 6.70. The minimum absolute atomic E-state index is 0.0160. The molecule has 0 bridgehead atoms. The summed E-state index contributed by atoms with van der Waals surface area (Å²) in [5.74, 6) is -0.846. The molecule has 4 rings (SSSR count). The van der Waals surface area contributed by atoms with Crippen molar-refractivity contribution in [2.75, 3.05) is 10.8 Å². The van der Waals surface area contributed by atoms with E-state index in [0.717, 1.165) is 36.4 Å². The maximum absolute atomic E-state index is 14.0. The number of nitrogens with one attached hydrogen (secondary N) is 1. The van der Waals surface area contributed by atoms with Crippen molar-refractivity contribution in [3.05, 3.63) is 93.4 Å². The van der Waals surface area contributed by atoms with E-state index < -0.39 is 28.5 Å². The predicted octanol–water partition coefficient (Wildman–Crippen LogP) is 6.71. The van der Waals surface area contributed by atoms with E-state index >= 15 is 0 Å². The third-order valence-corrected chi connectivity index (χ3v) is 9.96. The van der Waals surface area contributed by atoms with Crippen LogP contribution in [0.4, 0.5) is 5.69 Å². The highest BCUT2D eigenvalue weighted by molar-refractivity contribution is 7.92. The molecule has 1 aliphatic carbocycles. The standard InChI is InChI=1S/C30H32Cl3N3O4S/c1-21(30(38)34-24-8-4-2-5-9-24)35(19-22-12-17-27(32)28(33)18-22)29(37)20-36(25-10-6-3-7-11-25)41(39,40)26-15-13-23(31)14-16-26/h3,6-7,10-18,21,24H,2,4-5,8-9,19-20H2,1H3,(H,34,38)/t21-/m1/s1. The normalized spacial score (nSPS) is 14.7. The average Bonchev–Trinajstić information content (AvgIpc) is 2.97. The lowest BCUT2D eigenvalue weighted by Crippen LogP contribution is -2.53. The Labute approximate surface area is 256 Å². The highest BCUT2D eigenvalue weighted by atomic mass is 35.5. The number of rotatable bonds is 10. The zero-order valence-corrected chi connectivity index (χ0v) is 25.7. The van der Waals surface area contributed by atoms with E-state index in [1.807, 2.05) is 0 Å². The lowest BCUT2D eigenvalue weighted by Gasteiger charge is -2.33. The third kappa shape index (κ3) is 7.95. The summed E-state index contributed by atoms with van der Waals surface area (Å²) in [7, 11) is -4.17. The Hall–Kier alpha value is -2.78. The van der Waals surface area contributed by atoms with Gasteiger partial charge in [-0.3, -0.25) is 13.9 Å². The third-order valence-electron chi connectivity index (χ3n) is 7.18. The van der Waals surface area contributed by atoms with Crippen LogP contribution in [0.25, 0.3) is 0 Å². The van der Waals surface area contributed by atoms with E-state index in [4.69, 9.17) is 34.8 Å². The van der Waals surface area contributed by atoms with Crippen molar-refractivity contribution in [1.82, 2.24) is 10.2 Å². The smallest absolute Gasteiger partial charge is 0.264 e. The van der Waals surface area contributed by atoms with Gasteiger partial charge in [0.05, 0.1) is 20.6 Å². The molecule has 2 amide bonds. The average molecular weight is 637 g/mol. The molecule has 0 spiro atoms. The summed E-state index contributed by atoms with van der Waals surface area (Å²) in [6.45, 7) is 1.14. The summed E-state index contributed by atoms with van der Waals surface area (Å²) in [6.07, 6.45) is 5.00. The minimum Gasteiger partial charge on any atom is -0.352 e. The van der Waals surface area contributed by atoms with Gasteiger partial charge in [-0.15, -0.1) is 0 Å². The van der Waals surface area contributed by atoms with Gasteiger partial charge in [0.2, 0.25) is 11.8 Å². The Morgan fingerprint density at radius 1 is 0.902 bits per heavy atom. The van der Waals surface area contributed by atoms with Gasteiger partial charge in [0.15, 0.2) is 0 Å². The highest BCUT2D eigenvalue weighted by Crippen LogP contribution is 2.27. The molecule has 0 heterocycles. The van der Waals surface area contributed by atoms with Gasteiger partial charge in [0.1, 0.15) is 12.6 Å². The van der Waals surface area contributed by atoms with Gasteiger partial charge in [-0.1, -0.05) is 78.3 Å². The molecule has 1 saturated carbocycles. The van der Waals surface area contributed by atoms with Gasteiger partial charge in [0, 0.05) is 17.6 Å². The highest BCUT2D eigenvalue weighted by Gasteiger charge is 2.33. The maximum Gasteiger partial charge on any atom is 0.264 e. The molecule has 1 atom stereocenters. The molecule has 3 aromatic rings. The molecule has 7 nitrogen and oxygen atoms in total. The van der Waals surface area contributed by atoms with Crippen LogP contribution in [0.3, 0.4) is 0 Å². The molecule has 1 fully saturated rings. The predicted molar refractivity (Wildman–Crippen MR) is 164 cm³/mol. The van der Waals surface area contributed by atoms with Crippen molar-refractivity contribution in [3.8, 4) is 0 Å². The number of carbonyl (C=O) groups is 2. The van der Waals surface area contributed by atoms with Gasteiger partial charge in [0.25, 0.3) is 10.0 Å². The zero-order valence-electron chi connectivity index (χ0n) is 22.6. The number of hydrogen-bond acceptors (Lipinski definition) is 4. The SMILES string of the molecule is C[C@H](C(=O)NC1CCCCC1)N(Cc1ccc(Cl)c(Cl)c1)C(=O)CN(c1ccccc1)S(=O)(=O)c1ccc(Cl)cc1. The Bertz CT molecular complexity index is 1460. The van der Waals surface area contributed by atoms with E-state index in [1.165, 1.54) is 29.2 Å². The monoisotopic (exact) mass is 635 g/mol. The number of hydrogen-bond donors (Lipinski definition) is 1. The van der Waals surface area contributed by atoms with E-state index in [0.29, 0.717) is 26.3 Å². The first-order valence-electron chi connectivity index (χ1n) is 13.4. The van der Waals surface area contributed by atoms with Gasteiger partial charge in [-0.2, -0.15) is 0 Å². The second-order valence-corrected chi connectivity index (χ2v) is 13.2. The number of carbonyl (C=O) groups excluding carboxylic acids is 2. The lowest BCUT2D eigenvalue weighted by atomic mass is 9.95. The summed E-state index contributed by atoms with van der Waals surface area (Å²) in [4.78, 5) is 28.8. The summed E-state index contributed by atoms with van der Waals surface area (Å²) in [5, 5.41) is 4.14. The molecule has 218 valence electrons. The molecule has 1 aliphatic rings. The quantitative estimate of drug-likeness (QED) is 0.268.